The molecule has 4 rings (SSSR count). The second-order valence-electron chi connectivity index (χ2n) is 5.34. The second-order valence-corrected chi connectivity index (χ2v) is 6.31. The number of thiazole rings is 1. The molecule has 5 nitrogen and oxygen atoms in total. The Morgan fingerprint density at radius 1 is 1.26 bits per heavy atom. The van der Waals surface area contributed by atoms with E-state index in [1.807, 2.05) is 11.6 Å². The van der Waals surface area contributed by atoms with Crippen molar-refractivity contribution in [2.45, 2.75) is 38.3 Å². The number of hydrogen-bond donors (Lipinski definition) is 0. The molecule has 0 saturated heterocycles. The molecule has 2 aromatic rings. The normalized spacial score (nSPS) is 20.2. The summed E-state index contributed by atoms with van der Waals surface area (Å²) in [6.07, 6.45) is 5.44. The third-order valence-corrected chi connectivity index (χ3v) is 4.59. The Balaban J connectivity index is 1.44. The number of hydrogen-bond acceptors (Lipinski definition) is 5. The summed E-state index contributed by atoms with van der Waals surface area (Å²) in [4.78, 5) is 11.5. The first kappa shape index (κ1) is 11.5. The average Bonchev–Trinajstić information content (AvgIpc) is 3.05. The van der Waals surface area contributed by atoms with Gasteiger partial charge >= 0.3 is 0 Å². The molecule has 0 bridgehead atoms. The molecule has 19 heavy (non-hydrogen) atoms. The highest BCUT2D eigenvalue weighted by molar-refractivity contribution is 7.09. The fourth-order valence-electron chi connectivity index (χ4n) is 2.56. The lowest BCUT2D eigenvalue weighted by molar-refractivity contribution is 0.268. The van der Waals surface area contributed by atoms with Gasteiger partial charge in [-0.3, -0.25) is 4.90 Å². The molecule has 0 spiro atoms. The van der Waals surface area contributed by atoms with Crippen molar-refractivity contribution in [3.05, 3.63) is 28.2 Å². The highest BCUT2D eigenvalue weighted by Gasteiger charge is 2.29. The molecule has 0 N–H and O–H groups in total. The van der Waals surface area contributed by atoms with Crippen LogP contribution in [0.5, 0.6) is 0 Å². The van der Waals surface area contributed by atoms with Gasteiger partial charge in [0, 0.05) is 37.0 Å². The van der Waals surface area contributed by atoms with Crippen molar-refractivity contribution in [3.63, 3.8) is 0 Å². The highest BCUT2D eigenvalue weighted by Crippen LogP contribution is 2.38. The topological polar surface area (TPSA) is 46.8 Å². The molecule has 1 aliphatic carbocycles. The minimum Gasteiger partial charge on any atom is -0.294 e. The van der Waals surface area contributed by atoms with Gasteiger partial charge in [0.25, 0.3) is 0 Å². The van der Waals surface area contributed by atoms with Crippen molar-refractivity contribution in [1.29, 1.82) is 0 Å². The molecule has 0 radical (unpaired) electrons. The number of fused-ring (bicyclic) bond motifs is 1. The molecule has 3 heterocycles. The quantitative estimate of drug-likeness (QED) is 0.855. The third kappa shape index (κ3) is 2.42. The Hall–Kier alpha value is -1.27. The van der Waals surface area contributed by atoms with Crippen molar-refractivity contribution in [2.75, 3.05) is 13.1 Å². The van der Waals surface area contributed by atoms with Gasteiger partial charge in [-0.05, 0) is 12.8 Å². The van der Waals surface area contributed by atoms with Crippen molar-refractivity contribution < 1.29 is 0 Å². The molecule has 1 saturated carbocycles. The third-order valence-electron chi connectivity index (χ3n) is 3.83. The van der Waals surface area contributed by atoms with E-state index in [4.69, 9.17) is 4.98 Å². The van der Waals surface area contributed by atoms with Gasteiger partial charge in [0.2, 0.25) is 0 Å². The molecule has 100 valence electrons. The largest absolute Gasteiger partial charge is 0.294 e. The lowest BCUT2D eigenvalue weighted by atomic mass is 10.3. The first-order valence-corrected chi connectivity index (χ1v) is 7.81. The van der Waals surface area contributed by atoms with E-state index < -0.39 is 0 Å². The molecule has 2 aromatic heterocycles. The Kier molecular flexibility index (Phi) is 2.85. The first-order chi connectivity index (χ1) is 9.38. The summed E-state index contributed by atoms with van der Waals surface area (Å²) in [5, 5.41) is 7.91. The van der Waals surface area contributed by atoms with Crippen LogP contribution in [0.15, 0.2) is 11.6 Å². The first-order valence-electron chi connectivity index (χ1n) is 6.93. The van der Waals surface area contributed by atoms with E-state index in [0.717, 1.165) is 38.4 Å². The summed E-state index contributed by atoms with van der Waals surface area (Å²) in [5.74, 6) is 2.91. The van der Waals surface area contributed by atoms with Crippen LogP contribution in [0.2, 0.25) is 0 Å². The maximum absolute atomic E-state index is 4.72. The van der Waals surface area contributed by atoms with Crippen LogP contribution in [0.3, 0.4) is 0 Å². The Labute approximate surface area is 116 Å². The van der Waals surface area contributed by atoms with Gasteiger partial charge in [0.05, 0.1) is 13.1 Å². The zero-order chi connectivity index (χ0) is 12.7. The summed E-state index contributed by atoms with van der Waals surface area (Å²) >= 11 is 1.73. The minimum absolute atomic E-state index is 0.658. The van der Waals surface area contributed by atoms with Crippen LogP contribution >= 0.6 is 11.3 Å². The lowest BCUT2D eigenvalue weighted by Crippen LogP contribution is -2.26. The van der Waals surface area contributed by atoms with Crippen molar-refractivity contribution in [1.82, 2.24) is 24.6 Å². The summed E-state index contributed by atoms with van der Waals surface area (Å²) in [6, 6.07) is 0. The molecule has 0 aromatic carbocycles. The monoisotopic (exact) mass is 275 g/mol. The minimum atomic E-state index is 0.658. The molecule has 0 amide bonds. The highest BCUT2D eigenvalue weighted by atomic mass is 32.1. The molecular weight excluding hydrogens is 258 g/mol. The van der Waals surface area contributed by atoms with Gasteiger partial charge in [-0.1, -0.05) is 0 Å². The van der Waals surface area contributed by atoms with Gasteiger partial charge in [-0.2, -0.15) is 5.10 Å². The van der Waals surface area contributed by atoms with E-state index in [9.17, 15) is 0 Å². The zero-order valence-corrected chi connectivity index (χ0v) is 11.6. The summed E-state index contributed by atoms with van der Waals surface area (Å²) in [7, 11) is 0. The van der Waals surface area contributed by atoms with Gasteiger partial charge in [0.1, 0.15) is 10.8 Å². The second kappa shape index (κ2) is 4.68. The zero-order valence-electron chi connectivity index (χ0n) is 10.8. The molecule has 0 atom stereocenters. The summed E-state index contributed by atoms with van der Waals surface area (Å²) in [6.45, 7) is 4.01. The van der Waals surface area contributed by atoms with Crippen molar-refractivity contribution in [3.8, 4) is 0 Å². The standard InChI is InChI=1S/C13H17N5S/c1-2-10(1)13-15-11-3-5-17(6-7-18(11)16-13)9-12-14-4-8-19-12/h4,8,10H,1-3,5-7,9H2. The molecular formula is C13H17N5S. The molecule has 1 fully saturated rings. The van der Waals surface area contributed by atoms with Gasteiger partial charge in [0.15, 0.2) is 5.82 Å². The smallest absolute Gasteiger partial charge is 0.154 e. The SMILES string of the molecule is c1csc(CN2CCc3nc(C4CC4)nn3CC2)n1. The molecule has 2 aliphatic rings. The van der Waals surface area contributed by atoms with E-state index >= 15 is 0 Å². The van der Waals surface area contributed by atoms with Crippen LogP contribution < -0.4 is 0 Å². The van der Waals surface area contributed by atoms with E-state index in [2.05, 4.69) is 19.7 Å². The van der Waals surface area contributed by atoms with Crippen LogP contribution in [0.25, 0.3) is 0 Å². The van der Waals surface area contributed by atoms with Crippen molar-refractivity contribution >= 4 is 11.3 Å². The predicted octanol–water partition coefficient (Wildman–Crippen LogP) is 1.67. The Morgan fingerprint density at radius 3 is 3.00 bits per heavy atom. The van der Waals surface area contributed by atoms with Crippen LogP contribution in [0.1, 0.15) is 35.4 Å². The van der Waals surface area contributed by atoms with E-state index in [1.54, 1.807) is 11.3 Å². The summed E-state index contributed by atoms with van der Waals surface area (Å²) in [5.41, 5.74) is 0. The van der Waals surface area contributed by atoms with E-state index in [-0.39, 0.29) is 0 Å². The molecule has 1 aliphatic heterocycles. The van der Waals surface area contributed by atoms with Crippen LogP contribution in [0, 0.1) is 0 Å². The van der Waals surface area contributed by atoms with E-state index in [1.165, 1.54) is 23.7 Å². The van der Waals surface area contributed by atoms with Crippen LogP contribution in [-0.4, -0.2) is 37.7 Å². The lowest BCUT2D eigenvalue weighted by Gasteiger charge is -2.17. The number of rotatable bonds is 3. The fraction of sp³-hybridized carbons (Fsp3) is 0.615. The number of nitrogens with zero attached hydrogens (tertiary/aromatic N) is 5. The maximum Gasteiger partial charge on any atom is 0.154 e. The summed E-state index contributed by atoms with van der Waals surface area (Å²) < 4.78 is 2.12. The van der Waals surface area contributed by atoms with Gasteiger partial charge in [-0.25, -0.2) is 14.6 Å². The van der Waals surface area contributed by atoms with Crippen LogP contribution in [-0.2, 0) is 19.5 Å². The van der Waals surface area contributed by atoms with Gasteiger partial charge < -0.3 is 0 Å². The Bertz CT molecular complexity index is 532. The van der Waals surface area contributed by atoms with E-state index in [0.29, 0.717) is 5.92 Å². The number of aromatic nitrogens is 4. The Morgan fingerprint density at radius 2 is 2.21 bits per heavy atom. The molecule has 0 unspecified atom stereocenters. The fourth-order valence-corrected chi connectivity index (χ4v) is 3.22. The predicted molar refractivity (Wildman–Crippen MR) is 73.1 cm³/mol. The van der Waals surface area contributed by atoms with Crippen molar-refractivity contribution in [2.24, 2.45) is 0 Å². The van der Waals surface area contributed by atoms with Gasteiger partial charge in [-0.15, -0.1) is 11.3 Å². The average molecular weight is 275 g/mol. The molecule has 6 heteroatoms. The van der Waals surface area contributed by atoms with Crippen LogP contribution in [0.4, 0.5) is 0 Å². The maximum atomic E-state index is 4.72.